The minimum Gasteiger partial charge on any atom is -0.477 e. The number of carboxylic acids is 1. The lowest BCUT2D eigenvalue weighted by molar-refractivity contribution is 0.0691. The van der Waals surface area contributed by atoms with Crippen LogP contribution >= 0.6 is 0 Å². The second kappa shape index (κ2) is 5.98. The van der Waals surface area contributed by atoms with Crippen LogP contribution < -0.4 is 0 Å². The van der Waals surface area contributed by atoms with Crippen molar-refractivity contribution >= 4 is 16.0 Å². The van der Waals surface area contributed by atoms with Gasteiger partial charge in [-0.3, -0.25) is 0 Å². The maximum atomic E-state index is 12.0. The Balaban J connectivity index is 2.81. The van der Waals surface area contributed by atoms with Crippen molar-refractivity contribution in [3.8, 4) is 0 Å². The summed E-state index contributed by atoms with van der Waals surface area (Å²) in [6.45, 7) is 0.775. The van der Waals surface area contributed by atoms with Gasteiger partial charge >= 0.3 is 5.97 Å². The molecule has 0 saturated heterocycles. The molecule has 2 N–H and O–H groups in total. The summed E-state index contributed by atoms with van der Waals surface area (Å²) in [6, 6.07) is 1.10. The van der Waals surface area contributed by atoms with Crippen molar-refractivity contribution < 1.29 is 23.1 Å². The summed E-state index contributed by atoms with van der Waals surface area (Å²) < 4.78 is 30.1. The predicted octanol–water partition coefficient (Wildman–Crippen LogP) is 0.370. The number of aromatic amines is 1. The molecule has 1 heterocycles. The Morgan fingerprint density at radius 1 is 1.56 bits per heavy atom. The number of hydrogen-bond acceptors (Lipinski definition) is 4. The number of aromatic carboxylic acids is 1. The third-order valence-electron chi connectivity index (χ3n) is 2.42. The monoisotopic (exact) mass is 276 g/mol. The molecule has 0 atom stereocenters. The molecule has 7 nitrogen and oxygen atoms in total. The molecule has 0 saturated carbocycles. The molecule has 1 aromatic rings. The van der Waals surface area contributed by atoms with Gasteiger partial charge in [0.05, 0.1) is 0 Å². The minimum absolute atomic E-state index is 0.0557. The fourth-order valence-electron chi connectivity index (χ4n) is 1.38. The van der Waals surface area contributed by atoms with Crippen molar-refractivity contribution in [2.24, 2.45) is 0 Å². The van der Waals surface area contributed by atoms with Gasteiger partial charge in [0.15, 0.2) is 0 Å². The van der Waals surface area contributed by atoms with Crippen LogP contribution in [0, 0.1) is 0 Å². The first-order chi connectivity index (χ1) is 8.39. The molecular formula is C10H16N2O5S. The van der Waals surface area contributed by atoms with Gasteiger partial charge in [-0.15, -0.1) is 0 Å². The molecule has 0 aromatic carbocycles. The van der Waals surface area contributed by atoms with E-state index in [1.807, 2.05) is 0 Å². The van der Waals surface area contributed by atoms with Crippen LogP contribution in [0.3, 0.4) is 0 Å². The molecule has 1 aromatic heterocycles. The van der Waals surface area contributed by atoms with E-state index >= 15 is 0 Å². The van der Waals surface area contributed by atoms with Crippen molar-refractivity contribution in [1.82, 2.24) is 9.29 Å². The molecule has 1 rings (SSSR count). The fraction of sp³-hybridized carbons (Fsp3) is 0.500. The van der Waals surface area contributed by atoms with E-state index < -0.39 is 16.0 Å². The molecular weight excluding hydrogens is 260 g/mol. The number of aromatic nitrogens is 1. The molecule has 0 radical (unpaired) electrons. The molecule has 0 bridgehead atoms. The maximum absolute atomic E-state index is 12.0. The van der Waals surface area contributed by atoms with Crippen molar-refractivity contribution in [2.75, 3.05) is 27.3 Å². The third kappa shape index (κ3) is 3.31. The summed E-state index contributed by atoms with van der Waals surface area (Å²) in [5, 5.41) is 8.72. The van der Waals surface area contributed by atoms with Crippen LogP contribution in [0.2, 0.25) is 0 Å². The topological polar surface area (TPSA) is 99.7 Å². The highest BCUT2D eigenvalue weighted by Gasteiger charge is 2.22. The summed E-state index contributed by atoms with van der Waals surface area (Å²) in [5.74, 6) is -1.20. The Morgan fingerprint density at radius 2 is 2.22 bits per heavy atom. The number of hydrogen-bond donors (Lipinski definition) is 2. The summed E-state index contributed by atoms with van der Waals surface area (Å²) >= 11 is 0. The van der Waals surface area contributed by atoms with E-state index in [0.717, 1.165) is 6.07 Å². The van der Waals surface area contributed by atoms with Crippen LogP contribution in [0.5, 0.6) is 0 Å². The highest BCUT2D eigenvalue weighted by molar-refractivity contribution is 7.89. The quantitative estimate of drug-likeness (QED) is 0.701. The Morgan fingerprint density at radius 3 is 2.72 bits per heavy atom. The molecule has 0 fully saturated rings. The smallest absolute Gasteiger partial charge is 0.352 e. The molecule has 102 valence electrons. The number of sulfonamides is 1. The lowest BCUT2D eigenvalue weighted by Gasteiger charge is -2.15. The van der Waals surface area contributed by atoms with E-state index in [9.17, 15) is 13.2 Å². The van der Waals surface area contributed by atoms with Gasteiger partial charge in [-0.1, -0.05) is 0 Å². The van der Waals surface area contributed by atoms with E-state index in [-0.39, 0.29) is 10.6 Å². The summed E-state index contributed by atoms with van der Waals surface area (Å²) in [5.41, 5.74) is -0.154. The second-order valence-corrected chi connectivity index (χ2v) is 5.77. The Bertz CT molecular complexity index is 508. The van der Waals surface area contributed by atoms with Gasteiger partial charge in [0.25, 0.3) is 0 Å². The number of carboxylic acid groups (broad SMARTS) is 1. The van der Waals surface area contributed by atoms with Crippen LogP contribution in [0.4, 0.5) is 0 Å². The standard InChI is InChI=1S/C10H16N2O5S/c1-12(4-3-5-17-2)18(15,16)8-6-9(10(13)14)11-7-8/h6-7,11H,3-5H2,1-2H3,(H,13,14). The average molecular weight is 276 g/mol. The molecule has 0 spiro atoms. The lowest BCUT2D eigenvalue weighted by atomic mass is 10.4. The minimum atomic E-state index is -3.65. The lowest BCUT2D eigenvalue weighted by Crippen LogP contribution is -2.28. The summed E-state index contributed by atoms with van der Waals surface area (Å²) in [4.78, 5) is 13.0. The number of methoxy groups -OCH3 is 1. The van der Waals surface area contributed by atoms with Gasteiger partial charge in [0, 0.05) is 33.5 Å². The van der Waals surface area contributed by atoms with E-state index in [1.165, 1.54) is 17.5 Å². The van der Waals surface area contributed by atoms with Crippen molar-refractivity contribution in [2.45, 2.75) is 11.3 Å². The van der Waals surface area contributed by atoms with Gasteiger partial charge in [0.1, 0.15) is 10.6 Å². The average Bonchev–Trinajstić information content (AvgIpc) is 2.79. The Kier molecular flexibility index (Phi) is 4.88. The zero-order valence-electron chi connectivity index (χ0n) is 10.2. The molecule has 0 amide bonds. The maximum Gasteiger partial charge on any atom is 0.352 e. The van der Waals surface area contributed by atoms with E-state index in [4.69, 9.17) is 9.84 Å². The van der Waals surface area contributed by atoms with Crippen LogP contribution in [-0.2, 0) is 14.8 Å². The zero-order chi connectivity index (χ0) is 13.8. The van der Waals surface area contributed by atoms with Crippen molar-refractivity contribution in [1.29, 1.82) is 0 Å². The van der Waals surface area contributed by atoms with Gasteiger partial charge in [-0.05, 0) is 12.5 Å². The van der Waals surface area contributed by atoms with Crippen LogP contribution in [0.15, 0.2) is 17.2 Å². The molecule has 0 aliphatic heterocycles. The number of nitrogens with one attached hydrogen (secondary N) is 1. The largest absolute Gasteiger partial charge is 0.477 e. The van der Waals surface area contributed by atoms with Crippen LogP contribution in [0.25, 0.3) is 0 Å². The SMILES string of the molecule is COCCCN(C)S(=O)(=O)c1c[nH]c(C(=O)O)c1. The Hall–Kier alpha value is -1.38. The number of rotatable bonds is 7. The summed E-state index contributed by atoms with van der Waals surface area (Å²) in [6.07, 6.45) is 1.74. The fourth-order valence-corrected chi connectivity index (χ4v) is 2.58. The molecule has 0 aliphatic rings. The first-order valence-electron chi connectivity index (χ1n) is 5.26. The number of nitrogens with zero attached hydrogens (tertiary/aromatic N) is 1. The number of carbonyl (C=O) groups is 1. The molecule has 18 heavy (non-hydrogen) atoms. The van der Waals surface area contributed by atoms with Gasteiger partial charge in [-0.25, -0.2) is 17.5 Å². The van der Waals surface area contributed by atoms with Crippen molar-refractivity contribution in [3.05, 3.63) is 18.0 Å². The number of ether oxygens (including phenoxy) is 1. The highest BCUT2D eigenvalue weighted by Crippen LogP contribution is 2.15. The third-order valence-corrected chi connectivity index (χ3v) is 4.25. The Labute approximate surface area is 105 Å². The van der Waals surface area contributed by atoms with Gasteiger partial charge < -0.3 is 14.8 Å². The molecule has 0 unspecified atom stereocenters. The van der Waals surface area contributed by atoms with Gasteiger partial charge in [0.2, 0.25) is 10.0 Å². The predicted molar refractivity (Wildman–Crippen MR) is 64.1 cm³/mol. The van der Waals surface area contributed by atoms with Crippen LogP contribution in [-0.4, -0.2) is 56.1 Å². The molecule has 0 aliphatic carbocycles. The number of H-pyrrole nitrogens is 1. The van der Waals surface area contributed by atoms with E-state index in [1.54, 1.807) is 7.11 Å². The summed E-state index contributed by atoms with van der Waals surface area (Å²) in [7, 11) is -0.665. The van der Waals surface area contributed by atoms with E-state index in [2.05, 4.69) is 4.98 Å². The van der Waals surface area contributed by atoms with Crippen LogP contribution in [0.1, 0.15) is 16.9 Å². The highest BCUT2D eigenvalue weighted by atomic mass is 32.2. The first kappa shape index (κ1) is 14.7. The van der Waals surface area contributed by atoms with Gasteiger partial charge in [-0.2, -0.15) is 0 Å². The first-order valence-corrected chi connectivity index (χ1v) is 6.70. The zero-order valence-corrected chi connectivity index (χ0v) is 11.0. The van der Waals surface area contributed by atoms with E-state index in [0.29, 0.717) is 19.6 Å². The second-order valence-electron chi connectivity index (χ2n) is 3.73. The molecule has 8 heteroatoms. The van der Waals surface area contributed by atoms with Crippen molar-refractivity contribution in [3.63, 3.8) is 0 Å². The normalized spacial score (nSPS) is 11.9.